The average Bonchev–Trinajstić information content (AvgIpc) is 3.14. The van der Waals surface area contributed by atoms with Crippen LogP contribution in [0, 0.1) is 0 Å². The van der Waals surface area contributed by atoms with Gasteiger partial charge in [-0.05, 0) is 91.7 Å². The summed E-state index contributed by atoms with van der Waals surface area (Å²) in [4.78, 5) is 15.4. The van der Waals surface area contributed by atoms with Crippen molar-refractivity contribution in [2.24, 2.45) is 0 Å². The van der Waals surface area contributed by atoms with Crippen molar-refractivity contribution in [2.45, 2.75) is 42.0 Å². The van der Waals surface area contributed by atoms with Crippen LogP contribution < -0.4 is 5.32 Å². The summed E-state index contributed by atoms with van der Waals surface area (Å²) in [6.07, 6.45) is 3.22. The van der Waals surface area contributed by atoms with Crippen molar-refractivity contribution in [3.05, 3.63) is 100 Å². The van der Waals surface area contributed by atoms with E-state index in [9.17, 15) is 13.2 Å². The topological polar surface area (TPSA) is 69.7 Å². The van der Waals surface area contributed by atoms with Crippen LogP contribution in [0.1, 0.15) is 52.2 Å². The van der Waals surface area contributed by atoms with Gasteiger partial charge in [0, 0.05) is 31.2 Å². The summed E-state index contributed by atoms with van der Waals surface area (Å²) in [5, 5.41) is 4.06. The van der Waals surface area contributed by atoms with Crippen LogP contribution in [-0.2, 0) is 22.0 Å². The fourth-order valence-corrected chi connectivity index (χ4v) is 7.58. The molecule has 0 radical (unpaired) electrons. The zero-order valence-corrected chi connectivity index (χ0v) is 23.4. The minimum atomic E-state index is -3.64. The molecular weight excluding hydrogens is 518 g/mol. The number of sulfonamides is 1. The van der Waals surface area contributed by atoms with E-state index < -0.39 is 10.0 Å². The monoisotopic (exact) mass is 551 g/mol. The van der Waals surface area contributed by atoms with Crippen molar-refractivity contribution in [3.8, 4) is 0 Å². The number of rotatable bonds is 8. The molecule has 1 atom stereocenters. The molecule has 0 saturated carbocycles. The van der Waals surface area contributed by atoms with Crippen molar-refractivity contribution in [1.82, 2.24) is 14.5 Å². The first kappa shape index (κ1) is 26.9. The van der Waals surface area contributed by atoms with Crippen molar-refractivity contribution < 1.29 is 13.2 Å². The summed E-state index contributed by atoms with van der Waals surface area (Å²) < 4.78 is 28.1. The summed E-state index contributed by atoms with van der Waals surface area (Å²) in [7, 11) is -0.0766. The van der Waals surface area contributed by atoms with Crippen molar-refractivity contribution in [3.63, 3.8) is 0 Å². The third-order valence-electron chi connectivity index (χ3n) is 8.24. The summed E-state index contributed by atoms with van der Waals surface area (Å²) in [6.45, 7) is 2.07. The second kappa shape index (κ2) is 10.8. The average molecular weight is 552 g/mol. The SMILES string of the molecule is CN1C(=O)c2cccc(CC[C@H](CN(C)S(=O)(=O)c3ccccc3)c3cccc(Cl)c3)c2C12CCNCC2. The lowest BCUT2D eigenvalue weighted by Gasteiger charge is -2.41. The quantitative estimate of drug-likeness (QED) is 0.426. The predicted octanol–water partition coefficient (Wildman–Crippen LogP) is 5.04. The molecule has 3 aromatic rings. The van der Waals surface area contributed by atoms with E-state index in [1.54, 1.807) is 31.3 Å². The van der Waals surface area contributed by atoms with Crippen LogP contribution in [-0.4, -0.2) is 57.3 Å². The minimum Gasteiger partial charge on any atom is -0.332 e. The Bertz CT molecular complexity index is 1420. The number of aryl methyl sites for hydroxylation is 1. The summed E-state index contributed by atoms with van der Waals surface area (Å²) in [6, 6.07) is 22.3. The first-order valence-corrected chi connectivity index (χ1v) is 14.9. The lowest BCUT2D eigenvalue weighted by Crippen LogP contribution is -2.48. The van der Waals surface area contributed by atoms with Gasteiger partial charge in [-0.15, -0.1) is 0 Å². The zero-order chi connectivity index (χ0) is 26.9. The Morgan fingerprint density at radius 1 is 1.03 bits per heavy atom. The first-order valence-electron chi connectivity index (χ1n) is 13.1. The molecule has 1 amide bonds. The number of amides is 1. The minimum absolute atomic E-state index is 0.0770. The number of nitrogens with zero attached hydrogens (tertiary/aromatic N) is 2. The van der Waals surface area contributed by atoms with E-state index in [0.717, 1.165) is 55.5 Å². The third kappa shape index (κ3) is 4.89. The molecule has 3 aromatic carbocycles. The molecule has 2 aliphatic heterocycles. The van der Waals surface area contributed by atoms with Crippen LogP contribution in [0.4, 0.5) is 0 Å². The Labute approximate surface area is 230 Å². The standard InChI is InChI=1S/C30H34ClN3O3S/c1-33(38(36,37)26-11-4-3-5-12-26)21-24(23-9-6-10-25(31)20-23)15-14-22-8-7-13-27-28(22)30(34(2)29(27)35)16-18-32-19-17-30/h3-13,20,24,32H,14-19,21H2,1-2H3/t24-/m1/s1. The smallest absolute Gasteiger partial charge is 0.254 e. The number of nitrogens with one attached hydrogen (secondary N) is 1. The van der Waals surface area contributed by atoms with Crippen LogP contribution in [0.3, 0.4) is 0 Å². The molecule has 2 aliphatic rings. The van der Waals surface area contributed by atoms with E-state index in [1.807, 2.05) is 54.4 Å². The predicted molar refractivity (Wildman–Crippen MR) is 151 cm³/mol. The van der Waals surface area contributed by atoms with E-state index >= 15 is 0 Å². The number of carbonyl (C=O) groups is 1. The highest BCUT2D eigenvalue weighted by molar-refractivity contribution is 7.89. The fraction of sp³-hybridized carbons (Fsp3) is 0.367. The fourth-order valence-electron chi connectivity index (χ4n) is 6.14. The number of benzene rings is 3. The maximum absolute atomic E-state index is 13.3. The Morgan fingerprint density at radius 3 is 2.45 bits per heavy atom. The molecule has 6 nitrogen and oxygen atoms in total. The van der Waals surface area contributed by atoms with Crippen LogP contribution in [0.2, 0.25) is 5.02 Å². The molecule has 200 valence electrons. The van der Waals surface area contributed by atoms with Gasteiger partial charge in [-0.1, -0.05) is 54.1 Å². The van der Waals surface area contributed by atoms with E-state index in [0.29, 0.717) is 11.6 Å². The molecule has 8 heteroatoms. The van der Waals surface area contributed by atoms with Gasteiger partial charge < -0.3 is 10.2 Å². The van der Waals surface area contributed by atoms with Gasteiger partial charge in [-0.2, -0.15) is 0 Å². The summed E-state index contributed by atoms with van der Waals surface area (Å²) in [5.41, 5.74) is 3.85. The maximum Gasteiger partial charge on any atom is 0.254 e. The molecule has 1 N–H and O–H groups in total. The van der Waals surface area contributed by atoms with Crippen molar-refractivity contribution >= 4 is 27.5 Å². The van der Waals surface area contributed by atoms with Gasteiger partial charge in [-0.25, -0.2) is 12.7 Å². The first-order chi connectivity index (χ1) is 18.2. The van der Waals surface area contributed by atoms with E-state index in [1.165, 1.54) is 9.87 Å². The van der Waals surface area contributed by atoms with Gasteiger partial charge in [0.2, 0.25) is 10.0 Å². The maximum atomic E-state index is 13.3. The van der Waals surface area contributed by atoms with Gasteiger partial charge in [0.15, 0.2) is 0 Å². The largest absolute Gasteiger partial charge is 0.332 e. The molecule has 1 fully saturated rings. The number of piperidine rings is 1. The Hall–Kier alpha value is -2.71. The molecule has 0 aromatic heterocycles. The number of carbonyl (C=O) groups excluding carboxylic acids is 1. The molecule has 38 heavy (non-hydrogen) atoms. The lowest BCUT2D eigenvalue weighted by molar-refractivity contribution is 0.0549. The second-order valence-electron chi connectivity index (χ2n) is 10.4. The van der Waals surface area contributed by atoms with Crippen LogP contribution >= 0.6 is 11.6 Å². The number of likely N-dealkylation sites (N-methyl/N-ethyl adjacent to an activating group) is 1. The molecule has 1 spiro atoms. The van der Waals surface area contributed by atoms with Crippen LogP contribution in [0.5, 0.6) is 0 Å². The van der Waals surface area contributed by atoms with Crippen LogP contribution in [0.15, 0.2) is 77.7 Å². The van der Waals surface area contributed by atoms with Gasteiger partial charge in [0.05, 0.1) is 10.4 Å². The highest BCUT2D eigenvalue weighted by Gasteiger charge is 2.49. The molecule has 5 rings (SSSR count). The zero-order valence-electron chi connectivity index (χ0n) is 21.9. The van der Waals surface area contributed by atoms with E-state index in [4.69, 9.17) is 11.6 Å². The van der Waals surface area contributed by atoms with E-state index in [2.05, 4.69) is 11.4 Å². The number of fused-ring (bicyclic) bond motifs is 2. The summed E-state index contributed by atoms with van der Waals surface area (Å²) >= 11 is 6.35. The van der Waals surface area contributed by atoms with Crippen molar-refractivity contribution in [2.75, 3.05) is 33.7 Å². The molecule has 0 aliphatic carbocycles. The molecular formula is C30H34ClN3O3S. The Balaban J connectivity index is 1.45. The van der Waals surface area contributed by atoms with Gasteiger partial charge in [0.25, 0.3) is 5.91 Å². The lowest BCUT2D eigenvalue weighted by atomic mass is 9.77. The molecule has 1 saturated heterocycles. The number of hydrogen-bond acceptors (Lipinski definition) is 4. The van der Waals surface area contributed by atoms with Gasteiger partial charge in [0.1, 0.15) is 0 Å². The highest BCUT2D eigenvalue weighted by Crippen LogP contribution is 2.46. The third-order valence-corrected chi connectivity index (χ3v) is 10.3. The number of hydrogen-bond donors (Lipinski definition) is 1. The highest BCUT2D eigenvalue weighted by atomic mass is 35.5. The van der Waals surface area contributed by atoms with Crippen molar-refractivity contribution in [1.29, 1.82) is 0 Å². The van der Waals surface area contributed by atoms with Gasteiger partial charge >= 0.3 is 0 Å². The molecule has 0 unspecified atom stereocenters. The molecule has 2 heterocycles. The number of halogens is 1. The second-order valence-corrected chi connectivity index (χ2v) is 12.9. The Morgan fingerprint density at radius 2 is 1.74 bits per heavy atom. The summed E-state index contributed by atoms with van der Waals surface area (Å²) in [5.74, 6) is 0.00989. The van der Waals surface area contributed by atoms with E-state index in [-0.39, 0.29) is 22.3 Å². The van der Waals surface area contributed by atoms with Gasteiger partial charge in [-0.3, -0.25) is 4.79 Å². The van der Waals surface area contributed by atoms with Crippen LogP contribution in [0.25, 0.3) is 0 Å². The normalized spacial score (nSPS) is 17.7. The molecule has 0 bridgehead atoms. The Kier molecular flexibility index (Phi) is 7.65.